The van der Waals surface area contributed by atoms with Crippen molar-refractivity contribution in [3.63, 3.8) is 0 Å². The molecule has 0 saturated carbocycles. The van der Waals surface area contributed by atoms with Crippen LogP contribution in [-0.4, -0.2) is 62.4 Å². The van der Waals surface area contributed by atoms with Crippen LogP contribution in [0.4, 0.5) is 11.4 Å². The summed E-state index contributed by atoms with van der Waals surface area (Å²) >= 11 is 0. The van der Waals surface area contributed by atoms with Crippen molar-refractivity contribution in [3.8, 4) is 11.3 Å². The highest BCUT2D eigenvalue weighted by molar-refractivity contribution is 5.99. The van der Waals surface area contributed by atoms with Gasteiger partial charge < -0.3 is 20.6 Å². The number of carbonyl (C=O) groups is 1. The number of carbonyl (C=O) groups excluding carboxylic acids is 1. The van der Waals surface area contributed by atoms with Crippen LogP contribution >= 0.6 is 0 Å². The standard InChI is InChI=1S/C33H38N6O2/c1-22-3-2-15-38(21-22)27-12-16-37(17-13-27)33(41)23-4-7-26(8-5-23)36-29-10-11-30(39-18-14-34-31(29)39)24-6-9-28-25(19-24)20-35-32(28)40/h4-11,14,18-19,22,27,33,36,41H,2-3,12-13,15-17,20-21H2,1H3,(H,35,40). The van der Waals surface area contributed by atoms with Crippen molar-refractivity contribution in [1.29, 1.82) is 0 Å². The molecule has 41 heavy (non-hydrogen) atoms. The fraction of sp³-hybridized carbons (Fsp3) is 0.394. The van der Waals surface area contributed by atoms with Gasteiger partial charge in [-0.15, -0.1) is 0 Å². The Bertz CT molecular complexity index is 1560. The Labute approximate surface area is 241 Å². The minimum absolute atomic E-state index is 0.00969. The van der Waals surface area contributed by atoms with Gasteiger partial charge in [-0.25, -0.2) is 4.98 Å². The number of aliphatic hydroxyl groups is 1. The van der Waals surface area contributed by atoms with Crippen LogP contribution in [0.25, 0.3) is 16.9 Å². The molecule has 8 heteroatoms. The second-order valence-corrected chi connectivity index (χ2v) is 11.9. The van der Waals surface area contributed by atoms with E-state index in [-0.39, 0.29) is 5.91 Å². The summed E-state index contributed by atoms with van der Waals surface area (Å²) in [7, 11) is 0. The molecule has 3 N–H and O–H groups in total. The number of fused-ring (bicyclic) bond motifs is 2. The van der Waals surface area contributed by atoms with E-state index in [1.54, 1.807) is 6.20 Å². The van der Waals surface area contributed by atoms with Crippen molar-refractivity contribution in [2.24, 2.45) is 5.92 Å². The summed E-state index contributed by atoms with van der Waals surface area (Å²) in [4.78, 5) is 21.5. The highest BCUT2D eigenvalue weighted by Gasteiger charge is 2.30. The van der Waals surface area contributed by atoms with Crippen molar-refractivity contribution >= 4 is 22.9 Å². The monoisotopic (exact) mass is 550 g/mol. The first kappa shape index (κ1) is 26.2. The zero-order valence-corrected chi connectivity index (χ0v) is 23.6. The smallest absolute Gasteiger partial charge is 0.251 e. The summed E-state index contributed by atoms with van der Waals surface area (Å²) in [5.41, 5.74) is 7.42. The summed E-state index contributed by atoms with van der Waals surface area (Å²) in [6.45, 7) is 7.25. The Hall–Kier alpha value is -3.72. The average molecular weight is 551 g/mol. The predicted molar refractivity (Wildman–Crippen MR) is 161 cm³/mol. The van der Waals surface area contributed by atoms with E-state index in [4.69, 9.17) is 0 Å². The summed E-state index contributed by atoms with van der Waals surface area (Å²) in [6.07, 6.45) is 8.10. The number of nitrogens with zero attached hydrogens (tertiary/aromatic N) is 4. The minimum atomic E-state index is -0.582. The van der Waals surface area contributed by atoms with Gasteiger partial charge in [-0.2, -0.15) is 0 Å². The number of aliphatic hydroxyl groups excluding tert-OH is 1. The molecule has 0 radical (unpaired) electrons. The molecule has 2 aromatic heterocycles. The lowest BCUT2D eigenvalue weighted by Gasteiger charge is -2.42. The summed E-state index contributed by atoms with van der Waals surface area (Å²) in [6, 6.07) is 18.8. The molecule has 1 amide bonds. The number of hydrogen-bond acceptors (Lipinski definition) is 6. The van der Waals surface area contributed by atoms with E-state index in [0.29, 0.717) is 12.6 Å². The lowest BCUT2D eigenvalue weighted by Crippen LogP contribution is -2.48. The van der Waals surface area contributed by atoms with Gasteiger partial charge in [-0.3, -0.25) is 14.1 Å². The third kappa shape index (κ3) is 5.12. The van der Waals surface area contributed by atoms with Crippen LogP contribution in [0, 0.1) is 5.92 Å². The zero-order valence-electron chi connectivity index (χ0n) is 23.6. The number of piperidine rings is 2. The number of pyridine rings is 1. The van der Waals surface area contributed by atoms with E-state index in [1.807, 2.05) is 48.7 Å². The molecule has 2 atom stereocenters. The first-order chi connectivity index (χ1) is 20.0. The maximum Gasteiger partial charge on any atom is 0.251 e. The Balaban J connectivity index is 1.02. The van der Waals surface area contributed by atoms with Crippen LogP contribution in [0.5, 0.6) is 0 Å². The second kappa shape index (κ2) is 10.9. The first-order valence-corrected chi connectivity index (χ1v) is 14.9. The number of nitrogens with one attached hydrogen (secondary N) is 2. The van der Waals surface area contributed by atoms with Gasteiger partial charge in [-0.05, 0) is 91.2 Å². The largest absolute Gasteiger partial charge is 0.374 e. The average Bonchev–Trinajstić information content (AvgIpc) is 3.65. The number of amides is 1. The normalized spacial score (nSPS) is 21.1. The Morgan fingerprint density at radius 1 is 1.02 bits per heavy atom. The van der Waals surface area contributed by atoms with E-state index in [0.717, 1.165) is 76.8 Å². The molecule has 5 heterocycles. The molecule has 7 rings (SSSR count). The third-order valence-electron chi connectivity index (χ3n) is 9.17. The van der Waals surface area contributed by atoms with Gasteiger partial charge in [0.15, 0.2) is 5.65 Å². The molecule has 0 spiro atoms. The fourth-order valence-corrected chi connectivity index (χ4v) is 6.90. The van der Waals surface area contributed by atoms with Gasteiger partial charge >= 0.3 is 0 Å². The molecule has 0 bridgehead atoms. The molecule has 4 aromatic rings. The van der Waals surface area contributed by atoms with Gasteiger partial charge in [0.05, 0.1) is 11.4 Å². The number of likely N-dealkylation sites (tertiary alicyclic amines) is 2. The number of rotatable bonds is 6. The van der Waals surface area contributed by atoms with Crippen LogP contribution in [0.3, 0.4) is 0 Å². The van der Waals surface area contributed by atoms with Gasteiger partial charge in [0, 0.05) is 55.9 Å². The van der Waals surface area contributed by atoms with Crippen LogP contribution in [0.15, 0.2) is 67.0 Å². The first-order valence-electron chi connectivity index (χ1n) is 14.9. The molecular weight excluding hydrogens is 512 g/mol. The highest BCUT2D eigenvalue weighted by atomic mass is 16.3. The van der Waals surface area contributed by atoms with Crippen LogP contribution in [0.2, 0.25) is 0 Å². The lowest BCUT2D eigenvalue weighted by atomic mass is 9.95. The SMILES string of the molecule is CC1CCCN(C2CCN(C(O)c3ccc(Nc4ccc(-c5ccc6c(c5)CNC6=O)n5ccnc45)cc3)CC2)C1. The maximum absolute atomic E-state index is 12.0. The molecule has 2 unspecified atom stereocenters. The molecular formula is C33H38N6O2. The van der Waals surface area contributed by atoms with Crippen LogP contribution < -0.4 is 10.6 Å². The van der Waals surface area contributed by atoms with Crippen molar-refractivity contribution in [1.82, 2.24) is 24.5 Å². The van der Waals surface area contributed by atoms with Crippen molar-refractivity contribution in [2.75, 3.05) is 31.5 Å². The summed E-state index contributed by atoms with van der Waals surface area (Å²) < 4.78 is 2.07. The molecule has 2 fully saturated rings. The Kier molecular flexibility index (Phi) is 6.98. The van der Waals surface area contributed by atoms with E-state index in [9.17, 15) is 9.90 Å². The number of anilines is 2. The van der Waals surface area contributed by atoms with E-state index >= 15 is 0 Å². The predicted octanol–water partition coefficient (Wildman–Crippen LogP) is 5.18. The molecule has 2 saturated heterocycles. The molecule has 8 nitrogen and oxygen atoms in total. The number of benzene rings is 2. The van der Waals surface area contributed by atoms with Gasteiger partial charge in [0.2, 0.25) is 0 Å². The molecule has 3 aliphatic heterocycles. The fourth-order valence-electron chi connectivity index (χ4n) is 6.90. The van der Waals surface area contributed by atoms with E-state index in [1.165, 1.54) is 25.9 Å². The van der Waals surface area contributed by atoms with E-state index < -0.39 is 6.23 Å². The number of imidazole rings is 1. The molecule has 0 aliphatic carbocycles. The lowest BCUT2D eigenvalue weighted by molar-refractivity contribution is -0.0303. The second-order valence-electron chi connectivity index (χ2n) is 11.9. The van der Waals surface area contributed by atoms with Gasteiger partial charge in [0.1, 0.15) is 6.23 Å². The highest BCUT2D eigenvalue weighted by Crippen LogP contribution is 2.31. The molecule has 3 aliphatic rings. The van der Waals surface area contributed by atoms with Gasteiger partial charge in [0.25, 0.3) is 5.91 Å². The van der Waals surface area contributed by atoms with Crippen molar-refractivity contribution in [3.05, 3.63) is 83.7 Å². The zero-order chi connectivity index (χ0) is 27.9. The molecule has 2 aromatic carbocycles. The van der Waals surface area contributed by atoms with Crippen molar-refractivity contribution < 1.29 is 9.90 Å². The van der Waals surface area contributed by atoms with Crippen LogP contribution in [0.1, 0.15) is 60.3 Å². The Morgan fingerprint density at radius 3 is 2.66 bits per heavy atom. The Morgan fingerprint density at radius 2 is 1.85 bits per heavy atom. The van der Waals surface area contributed by atoms with Crippen LogP contribution in [-0.2, 0) is 6.54 Å². The number of aromatic nitrogens is 2. The number of hydrogen-bond donors (Lipinski definition) is 3. The quantitative estimate of drug-likeness (QED) is 0.307. The third-order valence-corrected chi connectivity index (χ3v) is 9.17. The maximum atomic E-state index is 12.0. The topological polar surface area (TPSA) is 85.1 Å². The summed E-state index contributed by atoms with van der Waals surface area (Å²) in [5, 5.41) is 17.5. The van der Waals surface area contributed by atoms with E-state index in [2.05, 4.69) is 48.9 Å². The summed E-state index contributed by atoms with van der Waals surface area (Å²) in [5.74, 6) is 0.793. The molecule has 212 valence electrons. The van der Waals surface area contributed by atoms with Crippen molar-refractivity contribution in [2.45, 2.75) is 51.4 Å². The minimum Gasteiger partial charge on any atom is -0.374 e. The van der Waals surface area contributed by atoms with Gasteiger partial charge in [-0.1, -0.05) is 25.1 Å².